The molecule has 1 aliphatic rings. The van der Waals surface area contributed by atoms with Gasteiger partial charge in [0, 0.05) is 31.5 Å². The Hall–Kier alpha value is -3.12. The molecule has 5 rings (SSSR count). The number of fused-ring (bicyclic) bond motifs is 2. The molecule has 2 aromatic heterocycles. The Morgan fingerprint density at radius 1 is 1.12 bits per heavy atom. The number of aromatic nitrogens is 2. The molecule has 3 heterocycles. The SMILES string of the molecule is CCN(CC)C(=O)c1ccc2c(c1)nc(Cc1ccc3c(c1)CCO3)n2Cc1ccsc1. The molecule has 32 heavy (non-hydrogen) atoms. The van der Waals surface area contributed by atoms with Crippen molar-refractivity contribution in [2.24, 2.45) is 0 Å². The summed E-state index contributed by atoms with van der Waals surface area (Å²) >= 11 is 1.71. The lowest BCUT2D eigenvalue weighted by atomic mass is 10.1. The van der Waals surface area contributed by atoms with E-state index < -0.39 is 0 Å². The van der Waals surface area contributed by atoms with Crippen LogP contribution in [-0.2, 0) is 19.4 Å². The number of nitrogens with zero attached hydrogens (tertiary/aromatic N) is 3. The third-order valence-electron chi connectivity index (χ3n) is 6.16. The quantitative estimate of drug-likeness (QED) is 0.395. The van der Waals surface area contributed by atoms with Crippen LogP contribution in [0.2, 0.25) is 0 Å². The highest BCUT2D eigenvalue weighted by Gasteiger charge is 2.18. The van der Waals surface area contributed by atoms with Crippen molar-refractivity contribution < 1.29 is 9.53 Å². The molecule has 0 spiro atoms. The molecule has 0 atom stereocenters. The monoisotopic (exact) mass is 445 g/mol. The van der Waals surface area contributed by atoms with Gasteiger partial charge < -0.3 is 14.2 Å². The van der Waals surface area contributed by atoms with Crippen molar-refractivity contribution in [3.63, 3.8) is 0 Å². The fourth-order valence-corrected chi connectivity index (χ4v) is 5.07. The zero-order valence-electron chi connectivity index (χ0n) is 18.5. The third kappa shape index (κ3) is 3.91. The fourth-order valence-electron chi connectivity index (χ4n) is 4.42. The van der Waals surface area contributed by atoms with E-state index in [1.54, 1.807) is 11.3 Å². The number of rotatable bonds is 7. The highest BCUT2D eigenvalue weighted by atomic mass is 32.1. The highest BCUT2D eigenvalue weighted by molar-refractivity contribution is 7.07. The van der Waals surface area contributed by atoms with Gasteiger partial charge in [-0.3, -0.25) is 4.79 Å². The minimum absolute atomic E-state index is 0.0597. The van der Waals surface area contributed by atoms with Gasteiger partial charge in [0.05, 0.1) is 24.2 Å². The van der Waals surface area contributed by atoms with Gasteiger partial charge in [-0.05, 0) is 71.6 Å². The molecule has 1 amide bonds. The molecule has 1 aliphatic heterocycles. The first-order chi connectivity index (χ1) is 15.7. The topological polar surface area (TPSA) is 47.4 Å². The maximum absolute atomic E-state index is 12.9. The van der Waals surface area contributed by atoms with Gasteiger partial charge in [-0.15, -0.1) is 0 Å². The number of hydrogen-bond acceptors (Lipinski definition) is 4. The molecule has 4 aromatic rings. The lowest BCUT2D eigenvalue weighted by molar-refractivity contribution is 0.0773. The van der Waals surface area contributed by atoms with Crippen molar-refractivity contribution in [1.82, 2.24) is 14.5 Å². The zero-order chi connectivity index (χ0) is 22.1. The van der Waals surface area contributed by atoms with Gasteiger partial charge in [-0.2, -0.15) is 11.3 Å². The lowest BCUT2D eigenvalue weighted by Gasteiger charge is -2.18. The Labute approximate surface area is 192 Å². The van der Waals surface area contributed by atoms with Crippen LogP contribution in [-0.4, -0.2) is 40.1 Å². The van der Waals surface area contributed by atoms with Crippen LogP contribution in [0.5, 0.6) is 5.75 Å². The van der Waals surface area contributed by atoms with Gasteiger partial charge >= 0.3 is 0 Å². The average molecular weight is 446 g/mol. The molecular formula is C26H27N3O2S. The normalized spacial score (nSPS) is 12.7. The van der Waals surface area contributed by atoms with Crippen molar-refractivity contribution in [3.05, 3.63) is 81.3 Å². The third-order valence-corrected chi connectivity index (χ3v) is 6.89. The smallest absolute Gasteiger partial charge is 0.253 e. The number of ether oxygens (including phenoxy) is 1. The molecule has 0 saturated carbocycles. The van der Waals surface area contributed by atoms with Crippen molar-refractivity contribution in [2.45, 2.75) is 33.2 Å². The van der Waals surface area contributed by atoms with Gasteiger partial charge in [-0.25, -0.2) is 4.98 Å². The van der Waals surface area contributed by atoms with E-state index >= 15 is 0 Å². The zero-order valence-corrected chi connectivity index (χ0v) is 19.3. The van der Waals surface area contributed by atoms with Gasteiger partial charge in [0.15, 0.2) is 0 Å². The van der Waals surface area contributed by atoms with Crippen LogP contribution >= 0.6 is 11.3 Å². The van der Waals surface area contributed by atoms with Crippen molar-refractivity contribution in [1.29, 1.82) is 0 Å². The molecule has 0 radical (unpaired) electrons. The number of carbonyl (C=O) groups excluding carboxylic acids is 1. The van der Waals surface area contributed by atoms with E-state index in [9.17, 15) is 4.79 Å². The van der Waals surface area contributed by atoms with Crippen LogP contribution in [0, 0.1) is 0 Å². The molecule has 164 valence electrons. The van der Waals surface area contributed by atoms with E-state index in [1.165, 1.54) is 16.7 Å². The molecule has 0 aliphatic carbocycles. The number of benzene rings is 2. The minimum atomic E-state index is 0.0597. The summed E-state index contributed by atoms with van der Waals surface area (Å²) in [4.78, 5) is 19.7. The lowest BCUT2D eigenvalue weighted by Crippen LogP contribution is -2.30. The maximum Gasteiger partial charge on any atom is 0.253 e. The molecule has 5 nitrogen and oxygen atoms in total. The molecule has 0 unspecified atom stereocenters. The second kappa shape index (κ2) is 8.79. The fraction of sp³-hybridized carbons (Fsp3) is 0.308. The molecule has 2 aromatic carbocycles. The summed E-state index contributed by atoms with van der Waals surface area (Å²) in [6.45, 7) is 6.95. The summed E-state index contributed by atoms with van der Waals surface area (Å²) in [6.07, 6.45) is 1.71. The van der Waals surface area contributed by atoms with E-state index in [4.69, 9.17) is 9.72 Å². The van der Waals surface area contributed by atoms with Crippen LogP contribution in [0.25, 0.3) is 11.0 Å². The van der Waals surface area contributed by atoms with E-state index in [1.807, 2.05) is 36.9 Å². The summed E-state index contributed by atoms with van der Waals surface area (Å²) in [5.41, 5.74) is 6.40. The first-order valence-electron chi connectivity index (χ1n) is 11.2. The Bertz CT molecular complexity index is 1260. The van der Waals surface area contributed by atoms with Gasteiger partial charge in [0.1, 0.15) is 11.6 Å². The molecule has 0 N–H and O–H groups in total. The van der Waals surface area contributed by atoms with Crippen LogP contribution in [0.15, 0.2) is 53.2 Å². The van der Waals surface area contributed by atoms with Crippen LogP contribution in [0.3, 0.4) is 0 Å². The van der Waals surface area contributed by atoms with Crippen molar-refractivity contribution in [2.75, 3.05) is 19.7 Å². The van der Waals surface area contributed by atoms with Crippen molar-refractivity contribution in [3.8, 4) is 5.75 Å². The minimum Gasteiger partial charge on any atom is -0.493 e. The standard InChI is InChI=1S/C26H27N3O2S/c1-3-28(4-2)26(30)21-6-7-23-22(15-21)27-25(29(23)16-19-10-12-32-17-19)14-18-5-8-24-20(13-18)9-11-31-24/h5-8,10,12-13,15,17H,3-4,9,11,14,16H2,1-2H3. The van der Waals surface area contributed by atoms with Crippen LogP contribution in [0.4, 0.5) is 0 Å². The number of carbonyl (C=O) groups is 1. The van der Waals surface area contributed by atoms with E-state index in [0.29, 0.717) is 18.7 Å². The largest absolute Gasteiger partial charge is 0.493 e. The summed E-state index contributed by atoms with van der Waals surface area (Å²) in [5.74, 6) is 2.07. The van der Waals surface area contributed by atoms with E-state index in [0.717, 1.165) is 48.6 Å². The second-order valence-corrected chi connectivity index (χ2v) is 8.92. The number of hydrogen-bond donors (Lipinski definition) is 0. The molecule has 6 heteroatoms. The Kier molecular flexibility index (Phi) is 5.70. The molecule has 0 saturated heterocycles. The van der Waals surface area contributed by atoms with Crippen LogP contribution in [0.1, 0.15) is 46.7 Å². The number of imidazole rings is 1. The first-order valence-corrected chi connectivity index (χ1v) is 12.1. The average Bonchev–Trinajstić information content (AvgIpc) is 3.55. The Morgan fingerprint density at radius 3 is 2.78 bits per heavy atom. The number of amides is 1. The summed E-state index contributed by atoms with van der Waals surface area (Å²) in [5, 5.41) is 4.29. The Morgan fingerprint density at radius 2 is 2.00 bits per heavy atom. The summed E-state index contributed by atoms with van der Waals surface area (Å²) < 4.78 is 7.95. The second-order valence-electron chi connectivity index (χ2n) is 8.14. The summed E-state index contributed by atoms with van der Waals surface area (Å²) in [6, 6.07) is 14.5. The van der Waals surface area contributed by atoms with Crippen molar-refractivity contribution >= 4 is 28.3 Å². The number of thiophene rings is 1. The predicted molar refractivity (Wildman–Crippen MR) is 129 cm³/mol. The van der Waals surface area contributed by atoms with Crippen LogP contribution < -0.4 is 4.74 Å². The molecule has 0 bridgehead atoms. The predicted octanol–water partition coefficient (Wildman–Crippen LogP) is 5.15. The van der Waals surface area contributed by atoms with E-state index in [-0.39, 0.29) is 5.91 Å². The first kappa shape index (κ1) is 20.8. The Balaban J connectivity index is 1.54. The van der Waals surface area contributed by atoms with Gasteiger partial charge in [-0.1, -0.05) is 12.1 Å². The molecular weight excluding hydrogens is 418 g/mol. The van der Waals surface area contributed by atoms with Gasteiger partial charge in [0.2, 0.25) is 0 Å². The maximum atomic E-state index is 12.9. The van der Waals surface area contributed by atoms with E-state index in [2.05, 4.69) is 39.6 Å². The van der Waals surface area contributed by atoms with Gasteiger partial charge in [0.25, 0.3) is 5.91 Å². The molecule has 0 fully saturated rings. The highest BCUT2D eigenvalue weighted by Crippen LogP contribution is 2.28. The summed E-state index contributed by atoms with van der Waals surface area (Å²) in [7, 11) is 0.